The van der Waals surface area contributed by atoms with Crippen LogP contribution >= 0.6 is 0 Å². The van der Waals surface area contributed by atoms with Gasteiger partial charge < -0.3 is 21.9 Å². The quantitative estimate of drug-likeness (QED) is 0.359. The van der Waals surface area contributed by atoms with E-state index in [1.807, 2.05) is 5.32 Å². The Labute approximate surface area is 74.1 Å². The first-order valence-corrected chi connectivity index (χ1v) is 3.44. The standard InChI is InChI=1S/C6H11N3O4/c1-2(7)5(11)9-3(4(8)10)6(12)13/h2-3H,7H2,1H3,(H2,8,10)(H,9,11)(H,12,13)/t2-,3+/m1/s1. The maximum Gasteiger partial charge on any atom is 0.336 e. The van der Waals surface area contributed by atoms with E-state index >= 15 is 0 Å². The summed E-state index contributed by atoms with van der Waals surface area (Å²) in [6.07, 6.45) is 0. The lowest BCUT2D eigenvalue weighted by Gasteiger charge is -2.12. The summed E-state index contributed by atoms with van der Waals surface area (Å²) in [5.74, 6) is -3.39. The highest BCUT2D eigenvalue weighted by atomic mass is 16.4. The van der Waals surface area contributed by atoms with E-state index in [9.17, 15) is 14.4 Å². The van der Waals surface area contributed by atoms with Crippen molar-refractivity contribution in [3.05, 3.63) is 0 Å². The Hall–Kier alpha value is -1.63. The number of aliphatic carboxylic acids is 1. The smallest absolute Gasteiger partial charge is 0.336 e. The van der Waals surface area contributed by atoms with Crippen LogP contribution in [0.3, 0.4) is 0 Å². The lowest BCUT2D eigenvalue weighted by atomic mass is 10.2. The Balaban J connectivity index is 4.36. The van der Waals surface area contributed by atoms with Gasteiger partial charge in [0.15, 0.2) is 0 Å². The van der Waals surface area contributed by atoms with E-state index in [0.717, 1.165) is 0 Å². The van der Waals surface area contributed by atoms with Crippen LogP contribution in [0.15, 0.2) is 0 Å². The Bertz CT molecular complexity index is 224. The van der Waals surface area contributed by atoms with Gasteiger partial charge in [0.05, 0.1) is 6.04 Å². The Morgan fingerprint density at radius 1 is 1.38 bits per heavy atom. The third-order valence-electron chi connectivity index (χ3n) is 1.23. The van der Waals surface area contributed by atoms with Crippen molar-refractivity contribution < 1.29 is 19.5 Å². The number of amides is 2. The minimum atomic E-state index is -1.72. The van der Waals surface area contributed by atoms with Crippen LogP contribution < -0.4 is 16.8 Å². The number of carbonyl (C=O) groups excluding carboxylic acids is 2. The maximum atomic E-state index is 10.9. The zero-order valence-corrected chi connectivity index (χ0v) is 6.98. The molecule has 13 heavy (non-hydrogen) atoms. The van der Waals surface area contributed by atoms with Gasteiger partial charge in [-0.15, -0.1) is 0 Å². The van der Waals surface area contributed by atoms with Crippen LogP contribution in [0.25, 0.3) is 0 Å². The van der Waals surface area contributed by atoms with Crippen LogP contribution in [-0.4, -0.2) is 35.0 Å². The molecular formula is C6H11N3O4. The van der Waals surface area contributed by atoms with Gasteiger partial charge in [0.1, 0.15) is 0 Å². The second-order valence-corrected chi connectivity index (χ2v) is 2.47. The molecule has 0 fully saturated rings. The molecule has 0 spiro atoms. The summed E-state index contributed by atoms with van der Waals surface area (Å²) in [4.78, 5) is 31.7. The first-order chi connectivity index (χ1) is 5.86. The number of carbonyl (C=O) groups is 3. The summed E-state index contributed by atoms with van der Waals surface area (Å²) in [5, 5.41) is 10.3. The molecule has 0 radical (unpaired) electrons. The number of nitrogens with two attached hydrogens (primary N) is 2. The molecule has 0 aliphatic carbocycles. The van der Waals surface area contributed by atoms with Crippen molar-refractivity contribution in [1.29, 1.82) is 0 Å². The normalized spacial score (nSPS) is 14.3. The minimum absolute atomic E-state index is 0.744. The summed E-state index contributed by atoms with van der Waals surface area (Å²) >= 11 is 0. The van der Waals surface area contributed by atoms with E-state index in [2.05, 4.69) is 0 Å². The van der Waals surface area contributed by atoms with Gasteiger partial charge in [-0.3, -0.25) is 9.59 Å². The van der Waals surface area contributed by atoms with Crippen molar-refractivity contribution >= 4 is 17.8 Å². The number of carboxylic acids is 1. The van der Waals surface area contributed by atoms with Crippen LogP contribution in [0.5, 0.6) is 0 Å². The molecule has 0 aliphatic heterocycles. The van der Waals surface area contributed by atoms with Crippen LogP contribution in [0, 0.1) is 0 Å². The van der Waals surface area contributed by atoms with Crippen molar-refractivity contribution in [2.45, 2.75) is 19.0 Å². The highest BCUT2D eigenvalue weighted by molar-refractivity contribution is 6.03. The fraction of sp³-hybridized carbons (Fsp3) is 0.500. The first-order valence-electron chi connectivity index (χ1n) is 3.44. The minimum Gasteiger partial charge on any atom is -0.479 e. The van der Waals surface area contributed by atoms with E-state index < -0.39 is 29.9 Å². The van der Waals surface area contributed by atoms with Gasteiger partial charge in [-0.05, 0) is 6.92 Å². The number of nitrogens with one attached hydrogen (secondary N) is 1. The molecule has 2 amide bonds. The molecule has 0 unspecified atom stereocenters. The lowest BCUT2D eigenvalue weighted by Crippen LogP contribution is -2.53. The molecule has 0 heterocycles. The molecule has 0 saturated heterocycles. The molecule has 0 aromatic rings. The lowest BCUT2D eigenvalue weighted by molar-refractivity contribution is -0.145. The number of carboxylic acid groups (broad SMARTS) is 1. The van der Waals surface area contributed by atoms with E-state index in [1.54, 1.807) is 0 Å². The SMILES string of the molecule is C[C@@H](N)C(=O)N[C@@H](C(N)=O)C(=O)O. The molecule has 0 aromatic carbocycles. The predicted molar refractivity (Wildman–Crippen MR) is 42.4 cm³/mol. The summed E-state index contributed by atoms with van der Waals surface area (Å²) in [6.45, 7) is 1.36. The fourth-order valence-corrected chi connectivity index (χ4v) is 0.528. The Morgan fingerprint density at radius 2 is 1.85 bits per heavy atom. The molecular weight excluding hydrogens is 178 g/mol. The van der Waals surface area contributed by atoms with E-state index in [1.165, 1.54) is 6.92 Å². The zero-order chi connectivity index (χ0) is 10.6. The number of hydrogen-bond donors (Lipinski definition) is 4. The average molecular weight is 189 g/mol. The van der Waals surface area contributed by atoms with E-state index in [4.69, 9.17) is 16.6 Å². The Morgan fingerprint density at radius 3 is 2.08 bits per heavy atom. The predicted octanol–water partition coefficient (Wildman–Crippen LogP) is -2.61. The van der Waals surface area contributed by atoms with E-state index in [0.29, 0.717) is 0 Å². The maximum absolute atomic E-state index is 10.9. The van der Waals surface area contributed by atoms with Crippen molar-refractivity contribution in [3.8, 4) is 0 Å². The average Bonchev–Trinajstić information content (AvgIpc) is 1.97. The monoisotopic (exact) mass is 189 g/mol. The van der Waals surface area contributed by atoms with Gasteiger partial charge >= 0.3 is 5.97 Å². The Kier molecular flexibility index (Phi) is 3.86. The second kappa shape index (κ2) is 4.41. The molecule has 74 valence electrons. The van der Waals surface area contributed by atoms with Crippen LogP contribution in [0.1, 0.15) is 6.92 Å². The molecule has 0 bridgehead atoms. The molecule has 0 aromatic heterocycles. The number of primary amides is 1. The van der Waals surface area contributed by atoms with Crippen LogP contribution in [-0.2, 0) is 14.4 Å². The summed E-state index contributed by atoms with van der Waals surface area (Å²) < 4.78 is 0. The van der Waals surface area contributed by atoms with Crippen molar-refractivity contribution in [1.82, 2.24) is 5.32 Å². The van der Waals surface area contributed by atoms with Gasteiger partial charge in [-0.25, -0.2) is 4.79 Å². The van der Waals surface area contributed by atoms with Gasteiger partial charge in [0, 0.05) is 0 Å². The highest BCUT2D eigenvalue weighted by Gasteiger charge is 2.26. The molecule has 0 saturated carbocycles. The second-order valence-electron chi connectivity index (χ2n) is 2.47. The number of rotatable bonds is 4. The van der Waals surface area contributed by atoms with Gasteiger partial charge in [0.2, 0.25) is 11.9 Å². The van der Waals surface area contributed by atoms with Crippen molar-refractivity contribution in [2.24, 2.45) is 11.5 Å². The topological polar surface area (TPSA) is 136 Å². The van der Waals surface area contributed by atoms with Gasteiger partial charge in [-0.2, -0.15) is 0 Å². The molecule has 0 rings (SSSR count). The third-order valence-corrected chi connectivity index (χ3v) is 1.23. The molecule has 7 heteroatoms. The molecule has 6 N–H and O–H groups in total. The number of hydrogen-bond acceptors (Lipinski definition) is 4. The fourth-order valence-electron chi connectivity index (χ4n) is 0.528. The summed E-state index contributed by atoms with van der Waals surface area (Å²) in [7, 11) is 0. The largest absolute Gasteiger partial charge is 0.479 e. The first kappa shape index (κ1) is 11.4. The summed E-state index contributed by atoms with van der Waals surface area (Å²) in [6, 6.07) is -2.61. The molecule has 7 nitrogen and oxygen atoms in total. The van der Waals surface area contributed by atoms with Crippen LogP contribution in [0.2, 0.25) is 0 Å². The van der Waals surface area contributed by atoms with E-state index in [-0.39, 0.29) is 0 Å². The molecule has 0 aliphatic rings. The summed E-state index contributed by atoms with van der Waals surface area (Å²) in [5.41, 5.74) is 9.84. The van der Waals surface area contributed by atoms with Crippen LogP contribution in [0.4, 0.5) is 0 Å². The third kappa shape index (κ3) is 3.52. The molecule has 2 atom stereocenters. The van der Waals surface area contributed by atoms with Gasteiger partial charge in [-0.1, -0.05) is 0 Å². The zero-order valence-electron chi connectivity index (χ0n) is 6.98. The van der Waals surface area contributed by atoms with Crippen molar-refractivity contribution in [3.63, 3.8) is 0 Å². The van der Waals surface area contributed by atoms with Gasteiger partial charge in [0.25, 0.3) is 5.91 Å². The highest BCUT2D eigenvalue weighted by Crippen LogP contribution is 1.84. The van der Waals surface area contributed by atoms with Crippen molar-refractivity contribution in [2.75, 3.05) is 0 Å².